The van der Waals surface area contributed by atoms with E-state index in [4.69, 9.17) is 0 Å². The summed E-state index contributed by atoms with van der Waals surface area (Å²) in [5, 5.41) is 4.85. The Kier molecular flexibility index (Phi) is 5.18. The van der Waals surface area contributed by atoms with Crippen molar-refractivity contribution in [2.45, 2.75) is 50.2 Å². The van der Waals surface area contributed by atoms with E-state index in [-0.39, 0.29) is 25.3 Å². The molecule has 28 heavy (non-hydrogen) atoms. The Hall–Kier alpha value is -2.85. The van der Waals surface area contributed by atoms with Crippen LogP contribution in [0.4, 0.5) is 23.7 Å². The highest BCUT2D eigenvalue weighted by atomic mass is 19.4. The maximum Gasteiger partial charge on any atom is 0.417 e. The quantitative estimate of drug-likeness (QED) is 0.656. The zero-order valence-corrected chi connectivity index (χ0v) is 14.8. The van der Waals surface area contributed by atoms with Gasteiger partial charge in [0.05, 0.1) is 5.56 Å². The highest BCUT2D eigenvalue weighted by Crippen LogP contribution is 2.35. The predicted octanol–water partition coefficient (Wildman–Crippen LogP) is 1.98. The number of alkyl halides is 3. The second-order valence-corrected chi connectivity index (χ2v) is 6.96. The first-order chi connectivity index (χ1) is 13.1. The largest absolute Gasteiger partial charge is 0.417 e. The van der Waals surface area contributed by atoms with Crippen LogP contribution in [-0.2, 0) is 15.8 Å². The second kappa shape index (κ2) is 7.28. The fourth-order valence-corrected chi connectivity index (χ4v) is 3.55. The van der Waals surface area contributed by atoms with Crippen molar-refractivity contribution in [3.8, 4) is 0 Å². The summed E-state index contributed by atoms with van der Waals surface area (Å²) in [6, 6.07) is 0.0551. The van der Waals surface area contributed by atoms with E-state index in [0.29, 0.717) is 25.1 Å². The number of carbonyl (C=O) groups is 3. The van der Waals surface area contributed by atoms with Gasteiger partial charge in [-0.3, -0.25) is 19.3 Å². The van der Waals surface area contributed by atoms with Gasteiger partial charge >= 0.3 is 12.2 Å². The van der Waals surface area contributed by atoms with Crippen molar-refractivity contribution in [2.24, 2.45) is 0 Å². The summed E-state index contributed by atoms with van der Waals surface area (Å²) in [7, 11) is 0. The summed E-state index contributed by atoms with van der Waals surface area (Å²) in [6.45, 7) is 0.0127. The number of pyridine rings is 1. The first-order valence-electron chi connectivity index (χ1n) is 8.86. The molecule has 0 radical (unpaired) electrons. The minimum atomic E-state index is -4.66. The molecule has 0 bridgehead atoms. The van der Waals surface area contributed by atoms with Crippen LogP contribution in [0.25, 0.3) is 0 Å². The molecule has 11 heteroatoms. The molecular formula is C17H19F3N4O4. The molecule has 1 spiro atoms. The lowest BCUT2D eigenvalue weighted by Gasteiger charge is -2.19. The minimum absolute atomic E-state index is 0.0127. The van der Waals surface area contributed by atoms with Crippen molar-refractivity contribution in [3.63, 3.8) is 0 Å². The van der Waals surface area contributed by atoms with Crippen LogP contribution in [-0.4, -0.2) is 39.8 Å². The van der Waals surface area contributed by atoms with Gasteiger partial charge in [-0.1, -0.05) is 12.8 Å². The molecule has 1 saturated carbocycles. The standard InChI is InChI=1S/C17H19F3N4O4/c18-17(19,20)10-8-11(13(26)21-9-10)22-12(25)4-3-7-24-14(27)16(23-15(24)28)5-1-2-6-16/h8-9H,1-7H2,(H,21,26)(H,22,25)(H,23,28). The Balaban J connectivity index is 1.55. The summed E-state index contributed by atoms with van der Waals surface area (Å²) in [6.07, 6.45) is -1.29. The number of nitrogens with one attached hydrogen (secondary N) is 3. The Morgan fingerprint density at radius 3 is 2.54 bits per heavy atom. The average molecular weight is 400 g/mol. The van der Waals surface area contributed by atoms with E-state index in [2.05, 4.69) is 10.6 Å². The van der Waals surface area contributed by atoms with E-state index in [0.717, 1.165) is 17.7 Å². The number of nitrogens with zero attached hydrogens (tertiary/aromatic N) is 1. The van der Waals surface area contributed by atoms with Crippen molar-refractivity contribution < 1.29 is 27.6 Å². The zero-order valence-electron chi connectivity index (χ0n) is 14.8. The van der Waals surface area contributed by atoms with Crippen LogP contribution in [0.3, 0.4) is 0 Å². The van der Waals surface area contributed by atoms with Crippen LogP contribution in [0, 0.1) is 0 Å². The molecule has 4 amide bonds. The fourth-order valence-electron chi connectivity index (χ4n) is 3.55. The molecular weight excluding hydrogens is 381 g/mol. The van der Waals surface area contributed by atoms with Gasteiger partial charge in [0.25, 0.3) is 11.5 Å². The first kappa shape index (κ1) is 19.9. The molecule has 1 aromatic heterocycles. The zero-order chi connectivity index (χ0) is 20.5. The van der Waals surface area contributed by atoms with Crippen LogP contribution in [0.2, 0.25) is 0 Å². The van der Waals surface area contributed by atoms with Gasteiger partial charge < -0.3 is 15.6 Å². The van der Waals surface area contributed by atoms with Crippen LogP contribution in [0.15, 0.2) is 17.1 Å². The van der Waals surface area contributed by atoms with Crippen molar-refractivity contribution in [2.75, 3.05) is 11.9 Å². The third-order valence-corrected chi connectivity index (χ3v) is 4.99. The molecule has 1 saturated heterocycles. The Labute approximate surface area is 157 Å². The van der Waals surface area contributed by atoms with E-state index in [1.54, 1.807) is 0 Å². The third kappa shape index (κ3) is 3.87. The summed E-state index contributed by atoms with van der Waals surface area (Å²) >= 11 is 0. The lowest BCUT2D eigenvalue weighted by molar-refractivity contribution is -0.138. The number of hydrogen-bond donors (Lipinski definition) is 3. The van der Waals surface area contributed by atoms with Gasteiger partial charge in [-0.25, -0.2) is 4.79 Å². The number of carbonyl (C=O) groups excluding carboxylic acids is 3. The SMILES string of the molecule is O=C(CCCN1C(=O)NC2(CCCC2)C1=O)Nc1cc(C(F)(F)F)c[nH]c1=O. The third-order valence-electron chi connectivity index (χ3n) is 4.99. The van der Waals surface area contributed by atoms with Crippen molar-refractivity contribution >= 4 is 23.5 Å². The van der Waals surface area contributed by atoms with E-state index in [9.17, 15) is 32.3 Å². The highest BCUT2D eigenvalue weighted by molar-refractivity contribution is 6.07. The summed E-state index contributed by atoms with van der Waals surface area (Å²) in [5.74, 6) is -0.989. The molecule has 2 aliphatic rings. The number of H-pyrrole nitrogens is 1. The van der Waals surface area contributed by atoms with Crippen LogP contribution >= 0.6 is 0 Å². The molecule has 1 aliphatic carbocycles. The molecule has 8 nitrogen and oxygen atoms in total. The summed E-state index contributed by atoms with van der Waals surface area (Å²) < 4.78 is 38.1. The smallest absolute Gasteiger partial charge is 0.327 e. The number of aromatic nitrogens is 1. The van der Waals surface area contributed by atoms with Gasteiger partial charge in [-0.2, -0.15) is 13.2 Å². The van der Waals surface area contributed by atoms with Gasteiger partial charge in [0.15, 0.2) is 0 Å². The monoisotopic (exact) mass is 400 g/mol. The van der Waals surface area contributed by atoms with Gasteiger partial charge in [0.1, 0.15) is 11.2 Å². The van der Waals surface area contributed by atoms with Gasteiger partial charge in [0, 0.05) is 19.2 Å². The fraction of sp³-hybridized carbons (Fsp3) is 0.529. The lowest BCUT2D eigenvalue weighted by atomic mass is 9.98. The first-order valence-corrected chi connectivity index (χ1v) is 8.86. The normalized spacial score (nSPS) is 18.6. The molecule has 1 aliphatic heterocycles. The molecule has 0 unspecified atom stereocenters. The maximum absolute atomic E-state index is 12.7. The van der Waals surface area contributed by atoms with Gasteiger partial charge in [-0.05, 0) is 25.3 Å². The molecule has 0 atom stereocenters. The van der Waals surface area contributed by atoms with Crippen molar-refractivity contribution in [1.82, 2.24) is 15.2 Å². The molecule has 2 fully saturated rings. The maximum atomic E-state index is 12.7. The number of hydrogen-bond acceptors (Lipinski definition) is 4. The van der Waals surface area contributed by atoms with Crippen molar-refractivity contribution in [3.05, 3.63) is 28.2 Å². The van der Waals surface area contributed by atoms with Gasteiger partial charge in [0.2, 0.25) is 5.91 Å². The number of halogens is 3. The van der Waals surface area contributed by atoms with E-state index in [1.165, 1.54) is 0 Å². The van der Waals surface area contributed by atoms with E-state index >= 15 is 0 Å². The Morgan fingerprint density at radius 1 is 1.21 bits per heavy atom. The molecule has 3 rings (SSSR count). The molecule has 2 heterocycles. The lowest BCUT2D eigenvalue weighted by Crippen LogP contribution is -2.44. The topological polar surface area (TPSA) is 111 Å². The van der Waals surface area contributed by atoms with Crippen molar-refractivity contribution in [1.29, 1.82) is 0 Å². The highest BCUT2D eigenvalue weighted by Gasteiger charge is 2.52. The number of anilines is 1. The van der Waals surface area contributed by atoms with E-state index in [1.807, 2.05) is 4.98 Å². The number of urea groups is 1. The van der Waals surface area contributed by atoms with Crippen LogP contribution in [0.1, 0.15) is 44.1 Å². The van der Waals surface area contributed by atoms with Crippen LogP contribution < -0.4 is 16.2 Å². The van der Waals surface area contributed by atoms with Crippen LogP contribution in [0.5, 0.6) is 0 Å². The number of rotatable bonds is 5. The second-order valence-electron chi connectivity index (χ2n) is 6.96. The molecule has 0 aromatic carbocycles. The summed E-state index contributed by atoms with van der Waals surface area (Å²) in [5.41, 5.74) is -3.30. The molecule has 1 aromatic rings. The Bertz CT molecular complexity index is 859. The number of aromatic amines is 1. The van der Waals surface area contributed by atoms with E-state index < -0.39 is 40.5 Å². The number of amides is 4. The Morgan fingerprint density at radius 2 is 1.89 bits per heavy atom. The predicted molar refractivity (Wildman–Crippen MR) is 91.4 cm³/mol. The molecule has 3 N–H and O–H groups in total. The van der Waals surface area contributed by atoms with Gasteiger partial charge in [-0.15, -0.1) is 0 Å². The molecule has 152 valence electrons. The minimum Gasteiger partial charge on any atom is -0.327 e. The average Bonchev–Trinajstić information content (AvgIpc) is 3.16. The summed E-state index contributed by atoms with van der Waals surface area (Å²) in [4.78, 5) is 51.1. The number of imide groups is 1.